The summed E-state index contributed by atoms with van der Waals surface area (Å²) in [5.74, 6) is 0.888. The summed E-state index contributed by atoms with van der Waals surface area (Å²) < 4.78 is 10.6. The summed E-state index contributed by atoms with van der Waals surface area (Å²) in [6, 6.07) is 1.94. The SMILES string of the molecule is CCCCCCOc1cc(OC)cs1. The van der Waals surface area contributed by atoms with Crippen molar-refractivity contribution >= 4 is 11.3 Å². The number of unbranched alkanes of at least 4 members (excludes halogenated alkanes) is 3. The number of thiophene rings is 1. The summed E-state index contributed by atoms with van der Waals surface area (Å²) >= 11 is 1.59. The van der Waals surface area contributed by atoms with Gasteiger partial charge in [0.1, 0.15) is 5.75 Å². The van der Waals surface area contributed by atoms with Gasteiger partial charge in [0.2, 0.25) is 0 Å². The van der Waals surface area contributed by atoms with Gasteiger partial charge in [-0.15, -0.1) is 11.3 Å². The molecule has 1 aromatic heterocycles. The molecule has 3 heteroatoms. The molecule has 1 rings (SSSR count). The Morgan fingerprint density at radius 3 is 2.79 bits per heavy atom. The van der Waals surface area contributed by atoms with Crippen molar-refractivity contribution in [3.05, 3.63) is 11.4 Å². The van der Waals surface area contributed by atoms with E-state index in [0.717, 1.165) is 23.8 Å². The highest BCUT2D eigenvalue weighted by atomic mass is 32.1. The van der Waals surface area contributed by atoms with Crippen LogP contribution in [-0.4, -0.2) is 13.7 Å². The van der Waals surface area contributed by atoms with Crippen LogP contribution in [0.15, 0.2) is 11.4 Å². The monoisotopic (exact) mass is 214 g/mol. The molecular weight excluding hydrogens is 196 g/mol. The normalized spacial score (nSPS) is 10.1. The van der Waals surface area contributed by atoms with Crippen LogP contribution in [0.3, 0.4) is 0 Å². The van der Waals surface area contributed by atoms with Gasteiger partial charge >= 0.3 is 0 Å². The van der Waals surface area contributed by atoms with Crippen LogP contribution in [0.1, 0.15) is 32.6 Å². The van der Waals surface area contributed by atoms with E-state index in [-0.39, 0.29) is 0 Å². The van der Waals surface area contributed by atoms with Gasteiger partial charge in [0.25, 0.3) is 0 Å². The van der Waals surface area contributed by atoms with Crippen LogP contribution >= 0.6 is 11.3 Å². The molecule has 0 saturated carbocycles. The lowest BCUT2D eigenvalue weighted by molar-refractivity contribution is 0.312. The van der Waals surface area contributed by atoms with E-state index >= 15 is 0 Å². The minimum atomic E-state index is 0.823. The molecule has 0 aliphatic rings. The lowest BCUT2D eigenvalue weighted by Crippen LogP contribution is -1.95. The molecule has 0 spiro atoms. The molecule has 0 amide bonds. The molecule has 0 unspecified atom stereocenters. The summed E-state index contributed by atoms with van der Waals surface area (Å²) in [7, 11) is 1.67. The van der Waals surface area contributed by atoms with Gasteiger partial charge in [-0.1, -0.05) is 26.2 Å². The van der Waals surface area contributed by atoms with Gasteiger partial charge in [-0.05, 0) is 6.42 Å². The predicted octanol–water partition coefficient (Wildman–Crippen LogP) is 3.72. The molecule has 14 heavy (non-hydrogen) atoms. The Kier molecular flexibility index (Phi) is 5.45. The molecule has 0 N–H and O–H groups in total. The van der Waals surface area contributed by atoms with Crippen molar-refractivity contribution in [2.24, 2.45) is 0 Å². The van der Waals surface area contributed by atoms with E-state index in [2.05, 4.69) is 6.92 Å². The van der Waals surface area contributed by atoms with Crippen LogP contribution in [0.2, 0.25) is 0 Å². The van der Waals surface area contributed by atoms with Gasteiger partial charge in [-0.3, -0.25) is 0 Å². The van der Waals surface area contributed by atoms with Crippen molar-refractivity contribution in [3.8, 4) is 10.8 Å². The van der Waals surface area contributed by atoms with E-state index in [0.29, 0.717) is 0 Å². The first-order valence-corrected chi connectivity index (χ1v) is 6.00. The second kappa shape index (κ2) is 6.71. The van der Waals surface area contributed by atoms with Gasteiger partial charge < -0.3 is 9.47 Å². The zero-order valence-corrected chi connectivity index (χ0v) is 9.73. The van der Waals surface area contributed by atoms with E-state index in [9.17, 15) is 0 Å². The van der Waals surface area contributed by atoms with Crippen LogP contribution in [0.4, 0.5) is 0 Å². The quantitative estimate of drug-likeness (QED) is 0.644. The van der Waals surface area contributed by atoms with E-state index in [1.165, 1.54) is 19.3 Å². The molecule has 0 fully saturated rings. The average molecular weight is 214 g/mol. The second-order valence-corrected chi connectivity index (χ2v) is 4.09. The Hall–Kier alpha value is -0.700. The molecule has 0 aliphatic heterocycles. The fraction of sp³-hybridized carbons (Fsp3) is 0.636. The van der Waals surface area contributed by atoms with Crippen molar-refractivity contribution in [1.29, 1.82) is 0 Å². The highest BCUT2D eigenvalue weighted by Crippen LogP contribution is 2.28. The third-order valence-electron chi connectivity index (χ3n) is 2.03. The van der Waals surface area contributed by atoms with Gasteiger partial charge in [-0.25, -0.2) is 0 Å². The first-order valence-electron chi connectivity index (χ1n) is 5.12. The minimum Gasteiger partial charge on any atom is -0.496 e. The molecule has 80 valence electrons. The highest BCUT2D eigenvalue weighted by molar-refractivity contribution is 7.12. The van der Waals surface area contributed by atoms with Crippen molar-refractivity contribution in [2.75, 3.05) is 13.7 Å². The molecule has 0 bridgehead atoms. The van der Waals surface area contributed by atoms with E-state index < -0.39 is 0 Å². The maximum Gasteiger partial charge on any atom is 0.177 e. The molecule has 0 radical (unpaired) electrons. The maximum absolute atomic E-state index is 5.57. The van der Waals surface area contributed by atoms with Crippen LogP contribution in [-0.2, 0) is 0 Å². The standard InChI is InChI=1S/C11H18O2S/c1-3-4-5-6-7-13-11-8-10(12-2)9-14-11/h8-9H,3-7H2,1-2H3. The largest absolute Gasteiger partial charge is 0.496 e. The van der Waals surface area contributed by atoms with Crippen LogP contribution in [0.5, 0.6) is 10.8 Å². The van der Waals surface area contributed by atoms with Crippen molar-refractivity contribution < 1.29 is 9.47 Å². The lowest BCUT2D eigenvalue weighted by Gasteiger charge is -2.01. The van der Waals surface area contributed by atoms with E-state index in [1.807, 2.05) is 11.4 Å². The van der Waals surface area contributed by atoms with Gasteiger partial charge in [0.05, 0.1) is 13.7 Å². The Morgan fingerprint density at radius 1 is 1.29 bits per heavy atom. The number of ether oxygens (including phenoxy) is 2. The number of hydrogen-bond acceptors (Lipinski definition) is 3. The zero-order valence-electron chi connectivity index (χ0n) is 8.91. The molecule has 0 aromatic carbocycles. The zero-order chi connectivity index (χ0) is 10.2. The van der Waals surface area contributed by atoms with Gasteiger partial charge in [0, 0.05) is 11.4 Å². The molecular formula is C11H18O2S. The molecule has 0 saturated heterocycles. The Bertz CT molecular complexity index is 245. The fourth-order valence-electron chi connectivity index (χ4n) is 1.18. The summed E-state index contributed by atoms with van der Waals surface area (Å²) in [4.78, 5) is 0. The molecule has 1 aromatic rings. The fourth-order valence-corrected chi connectivity index (χ4v) is 1.92. The van der Waals surface area contributed by atoms with Crippen LogP contribution < -0.4 is 9.47 Å². The van der Waals surface area contributed by atoms with Crippen molar-refractivity contribution in [1.82, 2.24) is 0 Å². The lowest BCUT2D eigenvalue weighted by atomic mass is 10.2. The first-order chi connectivity index (χ1) is 6.86. The maximum atomic E-state index is 5.57. The molecule has 1 heterocycles. The molecule has 0 aliphatic carbocycles. The van der Waals surface area contributed by atoms with Crippen LogP contribution in [0, 0.1) is 0 Å². The number of hydrogen-bond donors (Lipinski definition) is 0. The van der Waals surface area contributed by atoms with Crippen molar-refractivity contribution in [3.63, 3.8) is 0 Å². The second-order valence-electron chi connectivity index (χ2n) is 3.21. The Labute approximate surface area is 89.9 Å². The highest BCUT2D eigenvalue weighted by Gasteiger charge is 1.99. The minimum absolute atomic E-state index is 0.823. The Balaban J connectivity index is 2.12. The Morgan fingerprint density at radius 2 is 2.14 bits per heavy atom. The third kappa shape index (κ3) is 4.01. The number of rotatable bonds is 7. The molecule has 2 nitrogen and oxygen atoms in total. The smallest absolute Gasteiger partial charge is 0.177 e. The number of methoxy groups -OCH3 is 1. The average Bonchev–Trinajstić information content (AvgIpc) is 2.65. The third-order valence-corrected chi connectivity index (χ3v) is 2.85. The summed E-state index contributed by atoms with van der Waals surface area (Å²) in [6.07, 6.45) is 4.98. The summed E-state index contributed by atoms with van der Waals surface area (Å²) in [5, 5.41) is 2.92. The summed E-state index contributed by atoms with van der Waals surface area (Å²) in [5.41, 5.74) is 0. The predicted molar refractivity (Wildman–Crippen MR) is 60.5 cm³/mol. The van der Waals surface area contributed by atoms with Crippen molar-refractivity contribution in [2.45, 2.75) is 32.6 Å². The first kappa shape index (κ1) is 11.4. The topological polar surface area (TPSA) is 18.5 Å². The van der Waals surface area contributed by atoms with E-state index in [1.54, 1.807) is 18.4 Å². The summed E-state index contributed by atoms with van der Waals surface area (Å²) in [6.45, 7) is 3.04. The van der Waals surface area contributed by atoms with Crippen LogP contribution in [0.25, 0.3) is 0 Å². The van der Waals surface area contributed by atoms with Gasteiger partial charge in [-0.2, -0.15) is 0 Å². The molecule has 0 atom stereocenters. The van der Waals surface area contributed by atoms with E-state index in [4.69, 9.17) is 9.47 Å². The van der Waals surface area contributed by atoms with Gasteiger partial charge in [0.15, 0.2) is 5.06 Å².